The summed E-state index contributed by atoms with van der Waals surface area (Å²) in [5.74, 6) is 0. The molecule has 130 valence electrons. The third-order valence-electron chi connectivity index (χ3n) is 4.49. The number of hydrogen-bond acceptors (Lipinski definition) is 3. The summed E-state index contributed by atoms with van der Waals surface area (Å²) in [4.78, 5) is 20.0. The van der Waals surface area contributed by atoms with Gasteiger partial charge < -0.3 is 14.6 Å². The quantitative estimate of drug-likeness (QED) is 0.917. The van der Waals surface area contributed by atoms with E-state index in [1.165, 1.54) is 12.1 Å². The molecule has 1 aromatic rings. The maximum absolute atomic E-state index is 12.5. The molecule has 5 heteroatoms. The predicted octanol–water partition coefficient (Wildman–Crippen LogP) is 3.80. The SMILES string of the molecule is CC(c1ccc[nH]1)N(C)CC1CCCCN1C(=O)OC(C)(C)C. The monoisotopic (exact) mass is 321 g/mol. The van der Waals surface area contributed by atoms with Gasteiger partial charge in [0.1, 0.15) is 5.60 Å². The van der Waals surface area contributed by atoms with Gasteiger partial charge in [0.05, 0.1) is 0 Å². The Kier molecular flexibility index (Phi) is 5.74. The number of aromatic nitrogens is 1. The van der Waals surface area contributed by atoms with E-state index in [9.17, 15) is 4.79 Å². The maximum Gasteiger partial charge on any atom is 0.410 e. The van der Waals surface area contributed by atoms with Crippen LogP contribution in [0.3, 0.4) is 0 Å². The number of amides is 1. The van der Waals surface area contributed by atoms with Crippen LogP contribution in [0.4, 0.5) is 4.79 Å². The molecule has 0 bridgehead atoms. The molecule has 1 aliphatic heterocycles. The predicted molar refractivity (Wildman–Crippen MR) is 92.4 cm³/mol. The molecule has 1 aliphatic rings. The highest BCUT2D eigenvalue weighted by molar-refractivity contribution is 5.68. The molecular weight excluding hydrogens is 290 g/mol. The first-order valence-corrected chi connectivity index (χ1v) is 8.61. The Morgan fingerprint density at radius 2 is 2.22 bits per heavy atom. The van der Waals surface area contributed by atoms with Crippen molar-refractivity contribution in [3.63, 3.8) is 0 Å². The molecule has 0 aromatic carbocycles. The molecule has 1 fully saturated rings. The van der Waals surface area contributed by atoms with Gasteiger partial charge in [-0.3, -0.25) is 4.90 Å². The van der Waals surface area contributed by atoms with Gasteiger partial charge in [-0.2, -0.15) is 0 Å². The summed E-state index contributed by atoms with van der Waals surface area (Å²) in [5.41, 5.74) is 0.759. The van der Waals surface area contributed by atoms with Crippen molar-refractivity contribution in [2.75, 3.05) is 20.1 Å². The van der Waals surface area contributed by atoms with Gasteiger partial charge in [0.15, 0.2) is 0 Å². The topological polar surface area (TPSA) is 48.6 Å². The van der Waals surface area contributed by atoms with Crippen molar-refractivity contribution in [2.45, 2.75) is 64.6 Å². The van der Waals surface area contributed by atoms with E-state index in [2.05, 4.69) is 29.9 Å². The Labute approximate surface area is 140 Å². The number of hydrogen-bond donors (Lipinski definition) is 1. The lowest BCUT2D eigenvalue weighted by molar-refractivity contribution is 0.00459. The third kappa shape index (κ3) is 4.99. The molecule has 0 aliphatic carbocycles. The van der Waals surface area contributed by atoms with Crippen molar-refractivity contribution in [2.24, 2.45) is 0 Å². The molecule has 2 rings (SSSR count). The van der Waals surface area contributed by atoms with Crippen LogP contribution in [-0.2, 0) is 4.74 Å². The molecule has 1 saturated heterocycles. The van der Waals surface area contributed by atoms with E-state index in [0.29, 0.717) is 6.04 Å². The maximum atomic E-state index is 12.5. The molecular formula is C18H31N3O2. The van der Waals surface area contributed by atoms with Gasteiger partial charge >= 0.3 is 6.09 Å². The van der Waals surface area contributed by atoms with Crippen LogP contribution in [0.25, 0.3) is 0 Å². The van der Waals surface area contributed by atoms with Crippen molar-refractivity contribution in [1.82, 2.24) is 14.8 Å². The van der Waals surface area contributed by atoms with Crippen molar-refractivity contribution >= 4 is 6.09 Å². The highest BCUT2D eigenvalue weighted by atomic mass is 16.6. The van der Waals surface area contributed by atoms with Gasteiger partial charge in [-0.05, 0) is 66.1 Å². The molecule has 0 spiro atoms. The summed E-state index contributed by atoms with van der Waals surface area (Å²) in [5, 5.41) is 0. The number of likely N-dealkylation sites (tertiary alicyclic amines) is 1. The number of piperidine rings is 1. The highest BCUT2D eigenvalue weighted by Gasteiger charge is 2.31. The van der Waals surface area contributed by atoms with Crippen molar-refractivity contribution in [1.29, 1.82) is 0 Å². The molecule has 2 heterocycles. The largest absolute Gasteiger partial charge is 0.444 e. The van der Waals surface area contributed by atoms with Crippen molar-refractivity contribution < 1.29 is 9.53 Å². The minimum absolute atomic E-state index is 0.178. The average Bonchev–Trinajstić information content (AvgIpc) is 2.99. The van der Waals surface area contributed by atoms with Crippen LogP contribution in [0.5, 0.6) is 0 Å². The fourth-order valence-corrected chi connectivity index (χ4v) is 3.08. The summed E-state index contributed by atoms with van der Waals surface area (Å²) >= 11 is 0. The number of carbonyl (C=O) groups is 1. The van der Waals surface area contributed by atoms with Gasteiger partial charge in [-0.15, -0.1) is 0 Å². The third-order valence-corrected chi connectivity index (χ3v) is 4.49. The van der Waals surface area contributed by atoms with Crippen LogP contribution >= 0.6 is 0 Å². The Hall–Kier alpha value is -1.49. The Balaban J connectivity index is 1.99. The minimum atomic E-state index is -0.442. The minimum Gasteiger partial charge on any atom is -0.444 e. The normalized spacial score (nSPS) is 20.6. The van der Waals surface area contributed by atoms with E-state index in [1.54, 1.807) is 0 Å². The molecule has 23 heavy (non-hydrogen) atoms. The zero-order valence-corrected chi connectivity index (χ0v) is 15.1. The second kappa shape index (κ2) is 7.39. The van der Waals surface area contributed by atoms with Crippen LogP contribution in [0, 0.1) is 0 Å². The van der Waals surface area contributed by atoms with Gasteiger partial charge in [0.2, 0.25) is 0 Å². The lowest BCUT2D eigenvalue weighted by Crippen LogP contribution is -2.50. The summed E-state index contributed by atoms with van der Waals surface area (Å²) in [6.45, 7) is 9.60. The van der Waals surface area contributed by atoms with Crippen LogP contribution in [-0.4, -0.2) is 52.7 Å². The lowest BCUT2D eigenvalue weighted by Gasteiger charge is -2.39. The smallest absolute Gasteiger partial charge is 0.410 e. The van der Waals surface area contributed by atoms with Crippen LogP contribution < -0.4 is 0 Å². The van der Waals surface area contributed by atoms with Crippen LogP contribution in [0.2, 0.25) is 0 Å². The number of nitrogens with one attached hydrogen (secondary N) is 1. The lowest BCUT2D eigenvalue weighted by atomic mass is 10.0. The molecule has 2 atom stereocenters. The van der Waals surface area contributed by atoms with E-state index >= 15 is 0 Å². The number of nitrogens with zero attached hydrogens (tertiary/aromatic N) is 2. The Morgan fingerprint density at radius 3 is 2.83 bits per heavy atom. The second-order valence-electron chi connectivity index (χ2n) is 7.56. The summed E-state index contributed by atoms with van der Waals surface area (Å²) < 4.78 is 5.58. The standard InChI is InChI=1S/C18H31N3O2/c1-14(16-10-8-11-19-16)20(5)13-15-9-6-7-12-21(15)17(22)23-18(2,3)4/h8,10-11,14-15,19H,6-7,9,12-13H2,1-5H3. The molecule has 1 aromatic heterocycles. The van der Waals surface area contributed by atoms with Crippen LogP contribution in [0.15, 0.2) is 18.3 Å². The summed E-state index contributed by atoms with van der Waals surface area (Å²) in [7, 11) is 2.12. The zero-order valence-electron chi connectivity index (χ0n) is 15.1. The molecule has 1 N–H and O–H groups in total. The van der Waals surface area contributed by atoms with E-state index < -0.39 is 5.60 Å². The Bertz CT molecular complexity index is 493. The number of ether oxygens (including phenoxy) is 1. The van der Waals surface area contributed by atoms with E-state index in [4.69, 9.17) is 4.74 Å². The average molecular weight is 321 g/mol. The van der Waals surface area contributed by atoms with Gasteiger partial charge in [0.25, 0.3) is 0 Å². The zero-order chi connectivity index (χ0) is 17.0. The molecule has 0 radical (unpaired) electrons. The summed E-state index contributed by atoms with van der Waals surface area (Å²) in [6.07, 6.45) is 5.05. The number of likely N-dealkylation sites (N-methyl/N-ethyl adjacent to an activating group) is 1. The first kappa shape index (κ1) is 17.9. The number of H-pyrrole nitrogens is 1. The molecule has 2 unspecified atom stereocenters. The number of aromatic amines is 1. The van der Waals surface area contributed by atoms with Crippen molar-refractivity contribution in [3.8, 4) is 0 Å². The van der Waals surface area contributed by atoms with Gasteiger partial charge in [-0.25, -0.2) is 4.79 Å². The first-order valence-electron chi connectivity index (χ1n) is 8.61. The molecule has 1 amide bonds. The van der Waals surface area contributed by atoms with Crippen LogP contribution in [0.1, 0.15) is 58.7 Å². The highest BCUT2D eigenvalue weighted by Crippen LogP contribution is 2.24. The van der Waals surface area contributed by atoms with Gasteiger partial charge in [0, 0.05) is 37.1 Å². The number of rotatable bonds is 4. The van der Waals surface area contributed by atoms with Gasteiger partial charge in [-0.1, -0.05) is 0 Å². The number of carbonyl (C=O) groups excluding carboxylic acids is 1. The fraction of sp³-hybridized carbons (Fsp3) is 0.722. The van der Waals surface area contributed by atoms with E-state index in [0.717, 1.165) is 25.9 Å². The van der Waals surface area contributed by atoms with Crippen molar-refractivity contribution in [3.05, 3.63) is 24.0 Å². The first-order chi connectivity index (χ1) is 10.8. The molecule has 0 saturated carbocycles. The Morgan fingerprint density at radius 1 is 1.48 bits per heavy atom. The molecule has 5 nitrogen and oxygen atoms in total. The fourth-order valence-electron chi connectivity index (χ4n) is 3.08. The van der Waals surface area contributed by atoms with E-state index in [1.807, 2.05) is 37.9 Å². The summed E-state index contributed by atoms with van der Waals surface area (Å²) in [6, 6.07) is 4.65. The van der Waals surface area contributed by atoms with E-state index in [-0.39, 0.29) is 12.1 Å². The second-order valence-corrected chi connectivity index (χ2v) is 7.56.